The van der Waals surface area contributed by atoms with Gasteiger partial charge in [0.2, 0.25) is 5.78 Å². The van der Waals surface area contributed by atoms with Gasteiger partial charge in [-0.1, -0.05) is 12.1 Å². The summed E-state index contributed by atoms with van der Waals surface area (Å²) >= 11 is 0. The highest BCUT2D eigenvalue weighted by Crippen LogP contribution is 2.27. The van der Waals surface area contributed by atoms with E-state index in [1.807, 2.05) is 0 Å². The van der Waals surface area contributed by atoms with Crippen molar-refractivity contribution in [2.24, 2.45) is 4.99 Å². The van der Waals surface area contributed by atoms with Crippen molar-refractivity contribution in [1.29, 1.82) is 0 Å². The van der Waals surface area contributed by atoms with Crippen LogP contribution in [0, 0.1) is 0 Å². The first-order valence-corrected chi connectivity index (χ1v) is 5.12. The van der Waals surface area contributed by atoms with Crippen LogP contribution in [-0.4, -0.2) is 24.8 Å². The fourth-order valence-electron chi connectivity index (χ4n) is 1.30. The molecule has 18 heavy (non-hydrogen) atoms. The van der Waals surface area contributed by atoms with Gasteiger partial charge >= 0.3 is 6.18 Å². The van der Waals surface area contributed by atoms with Gasteiger partial charge in [0.15, 0.2) is 0 Å². The van der Waals surface area contributed by atoms with E-state index in [1.54, 1.807) is 24.3 Å². The van der Waals surface area contributed by atoms with Gasteiger partial charge < -0.3 is 4.74 Å². The van der Waals surface area contributed by atoms with Crippen molar-refractivity contribution in [3.05, 3.63) is 24.3 Å². The number of halogens is 3. The number of carbonyl (C=O) groups is 1. The number of ether oxygens (including phenoxy) is 1. The first kappa shape index (κ1) is 14.2. The molecule has 0 bridgehead atoms. The van der Waals surface area contributed by atoms with Gasteiger partial charge in [-0.3, -0.25) is 9.79 Å². The predicted molar refractivity (Wildman–Crippen MR) is 61.4 cm³/mol. The van der Waals surface area contributed by atoms with Crippen molar-refractivity contribution in [2.45, 2.75) is 19.5 Å². The number of benzene rings is 1. The lowest BCUT2D eigenvalue weighted by Gasteiger charge is -2.06. The highest BCUT2D eigenvalue weighted by Gasteiger charge is 2.37. The number of alkyl halides is 3. The second kappa shape index (κ2) is 5.66. The maximum atomic E-state index is 12.1. The molecule has 0 aliphatic carbocycles. The van der Waals surface area contributed by atoms with Gasteiger partial charge in [0.25, 0.3) is 0 Å². The molecule has 0 fully saturated rings. The standard InChI is InChI=1S/C12H12F3NO2/c1-8(7-11(17)12(13,14)15)16-9-5-3-4-6-10(9)18-2/h3-6H,7H2,1-2H3. The minimum Gasteiger partial charge on any atom is -0.494 e. The average molecular weight is 259 g/mol. The first-order chi connectivity index (χ1) is 8.34. The van der Waals surface area contributed by atoms with E-state index in [1.165, 1.54) is 14.0 Å². The van der Waals surface area contributed by atoms with Gasteiger partial charge in [-0.05, 0) is 19.1 Å². The fraction of sp³-hybridized carbons (Fsp3) is 0.333. The summed E-state index contributed by atoms with van der Waals surface area (Å²) in [7, 11) is 1.44. The van der Waals surface area contributed by atoms with Gasteiger partial charge in [-0.2, -0.15) is 13.2 Å². The molecule has 0 atom stereocenters. The summed E-state index contributed by atoms with van der Waals surface area (Å²) in [5.74, 6) is -1.37. The Balaban J connectivity index is 2.87. The number of carbonyl (C=O) groups excluding carboxylic acids is 1. The predicted octanol–water partition coefficient (Wildman–Crippen LogP) is 3.31. The Labute approximate surface area is 102 Å². The van der Waals surface area contributed by atoms with Gasteiger partial charge in [-0.15, -0.1) is 0 Å². The van der Waals surface area contributed by atoms with E-state index in [0.717, 1.165) is 0 Å². The zero-order chi connectivity index (χ0) is 13.8. The lowest BCUT2D eigenvalue weighted by atomic mass is 10.2. The topological polar surface area (TPSA) is 38.7 Å². The summed E-state index contributed by atoms with van der Waals surface area (Å²) in [6, 6.07) is 6.63. The van der Waals surface area contributed by atoms with Gasteiger partial charge in [-0.25, -0.2) is 0 Å². The normalized spacial score (nSPS) is 12.4. The Morgan fingerprint density at radius 3 is 2.50 bits per heavy atom. The van der Waals surface area contributed by atoms with Gasteiger partial charge in [0, 0.05) is 5.71 Å². The van der Waals surface area contributed by atoms with Crippen LogP contribution in [0.25, 0.3) is 0 Å². The van der Waals surface area contributed by atoms with E-state index in [9.17, 15) is 18.0 Å². The molecule has 0 saturated heterocycles. The van der Waals surface area contributed by atoms with Crippen LogP contribution in [0.15, 0.2) is 29.3 Å². The maximum Gasteiger partial charge on any atom is 0.450 e. The lowest BCUT2D eigenvalue weighted by Crippen LogP contribution is -2.24. The molecule has 1 rings (SSSR count). The number of aliphatic imine (C=N–C) groups is 1. The van der Waals surface area contributed by atoms with E-state index in [0.29, 0.717) is 11.4 Å². The monoisotopic (exact) mass is 259 g/mol. The third-order valence-corrected chi connectivity index (χ3v) is 2.13. The molecule has 6 heteroatoms. The Morgan fingerprint density at radius 2 is 1.94 bits per heavy atom. The number of para-hydroxylation sites is 2. The van der Waals surface area contributed by atoms with E-state index in [-0.39, 0.29) is 5.71 Å². The first-order valence-electron chi connectivity index (χ1n) is 5.12. The van der Waals surface area contributed by atoms with Crippen LogP contribution in [0.2, 0.25) is 0 Å². The highest BCUT2D eigenvalue weighted by atomic mass is 19.4. The number of methoxy groups -OCH3 is 1. The van der Waals surface area contributed by atoms with Crippen LogP contribution in [-0.2, 0) is 4.79 Å². The largest absolute Gasteiger partial charge is 0.494 e. The Kier molecular flexibility index (Phi) is 4.47. The quantitative estimate of drug-likeness (QED) is 0.778. The summed E-state index contributed by atoms with van der Waals surface area (Å²) in [4.78, 5) is 14.7. The molecule has 0 N–H and O–H groups in total. The highest BCUT2D eigenvalue weighted by molar-refractivity contribution is 6.04. The molecule has 0 aliphatic rings. The second-order valence-electron chi connectivity index (χ2n) is 3.62. The molecule has 0 unspecified atom stereocenters. The van der Waals surface area contributed by atoms with Crippen LogP contribution in [0.4, 0.5) is 18.9 Å². The summed E-state index contributed by atoms with van der Waals surface area (Å²) in [5, 5.41) is 0. The van der Waals surface area contributed by atoms with Crippen molar-refractivity contribution >= 4 is 17.2 Å². The maximum absolute atomic E-state index is 12.1. The molecule has 0 heterocycles. The van der Waals surface area contributed by atoms with Crippen molar-refractivity contribution in [1.82, 2.24) is 0 Å². The molecule has 1 aromatic rings. The molecule has 0 aromatic heterocycles. The Bertz CT molecular complexity index is 467. The van der Waals surface area contributed by atoms with Crippen molar-refractivity contribution < 1.29 is 22.7 Å². The van der Waals surface area contributed by atoms with Crippen molar-refractivity contribution in [2.75, 3.05) is 7.11 Å². The molecule has 1 aromatic carbocycles. The van der Waals surface area contributed by atoms with Crippen molar-refractivity contribution in [3.8, 4) is 5.75 Å². The minimum absolute atomic E-state index is 0.0850. The number of nitrogens with zero attached hydrogens (tertiary/aromatic N) is 1. The summed E-state index contributed by atoms with van der Waals surface area (Å²) in [6.07, 6.45) is -5.57. The second-order valence-corrected chi connectivity index (χ2v) is 3.62. The molecular weight excluding hydrogens is 247 g/mol. The average Bonchev–Trinajstić information content (AvgIpc) is 2.28. The van der Waals surface area contributed by atoms with Crippen LogP contribution >= 0.6 is 0 Å². The number of Topliss-reactive ketones (excluding diaryl/α,β-unsaturated/α-hetero) is 1. The molecule has 98 valence electrons. The third-order valence-electron chi connectivity index (χ3n) is 2.13. The third kappa shape index (κ3) is 3.87. The van der Waals surface area contributed by atoms with Crippen LogP contribution < -0.4 is 4.74 Å². The molecule has 0 radical (unpaired) electrons. The van der Waals surface area contributed by atoms with E-state index in [4.69, 9.17) is 4.74 Å². The zero-order valence-corrected chi connectivity index (χ0v) is 9.91. The summed E-state index contributed by atoms with van der Waals surface area (Å²) < 4.78 is 41.2. The lowest BCUT2D eigenvalue weighted by molar-refractivity contribution is -0.169. The van der Waals surface area contributed by atoms with Gasteiger partial charge in [0.05, 0.1) is 13.5 Å². The SMILES string of the molecule is COc1ccccc1N=C(C)CC(=O)C(F)(F)F. The molecule has 0 saturated carbocycles. The number of ketones is 1. The van der Waals surface area contributed by atoms with Gasteiger partial charge in [0.1, 0.15) is 11.4 Å². The van der Waals surface area contributed by atoms with Crippen LogP contribution in [0.1, 0.15) is 13.3 Å². The van der Waals surface area contributed by atoms with E-state index in [2.05, 4.69) is 4.99 Å². The molecule has 0 spiro atoms. The smallest absolute Gasteiger partial charge is 0.450 e. The Hall–Kier alpha value is -1.85. The van der Waals surface area contributed by atoms with Crippen LogP contribution in [0.5, 0.6) is 5.75 Å². The van der Waals surface area contributed by atoms with Crippen LogP contribution in [0.3, 0.4) is 0 Å². The minimum atomic E-state index is -4.82. The molecule has 0 aliphatic heterocycles. The molecule has 3 nitrogen and oxygen atoms in total. The van der Waals surface area contributed by atoms with Crippen molar-refractivity contribution in [3.63, 3.8) is 0 Å². The number of rotatable bonds is 4. The summed E-state index contributed by atoms with van der Waals surface area (Å²) in [5.41, 5.74) is 0.481. The summed E-state index contributed by atoms with van der Waals surface area (Å²) in [6.45, 7) is 1.37. The Morgan fingerprint density at radius 1 is 1.33 bits per heavy atom. The molecular formula is C12H12F3NO2. The van der Waals surface area contributed by atoms with E-state index >= 15 is 0 Å². The van der Waals surface area contributed by atoms with E-state index < -0.39 is 18.4 Å². The zero-order valence-electron chi connectivity index (χ0n) is 9.91. The number of hydrogen-bond donors (Lipinski definition) is 0. The number of hydrogen-bond acceptors (Lipinski definition) is 3. The molecule has 0 amide bonds. The fourth-order valence-corrected chi connectivity index (χ4v) is 1.30.